The first-order chi connectivity index (χ1) is 9.04. The summed E-state index contributed by atoms with van der Waals surface area (Å²) < 4.78 is 33.8. The van der Waals surface area contributed by atoms with Crippen molar-refractivity contribution in [2.75, 3.05) is 6.61 Å². The summed E-state index contributed by atoms with van der Waals surface area (Å²) in [5, 5.41) is 8.87. The molecule has 0 spiro atoms. The summed E-state index contributed by atoms with van der Waals surface area (Å²) in [7, 11) is 0. The average molecular weight is 290 g/mol. The maximum Gasteiger partial charge on any atom is 0.387 e. The van der Waals surface area contributed by atoms with E-state index in [2.05, 4.69) is 4.74 Å². The number of alkyl halides is 3. The number of halogens is 3. The van der Waals surface area contributed by atoms with Crippen molar-refractivity contribution in [3.63, 3.8) is 0 Å². The van der Waals surface area contributed by atoms with Crippen LogP contribution in [-0.4, -0.2) is 19.2 Å². The Morgan fingerprint density at radius 2 is 2.21 bits per heavy atom. The molecular formula is C12H10ClF2NO3. The fourth-order valence-corrected chi connectivity index (χ4v) is 1.72. The van der Waals surface area contributed by atoms with Gasteiger partial charge in [0.15, 0.2) is 0 Å². The minimum atomic E-state index is -3.14. The summed E-state index contributed by atoms with van der Waals surface area (Å²) in [5.41, 5.74) is -0.0782. The third-order valence-corrected chi connectivity index (χ3v) is 2.48. The Morgan fingerprint density at radius 1 is 1.53 bits per heavy atom. The summed E-state index contributed by atoms with van der Waals surface area (Å²) in [6.07, 6.45) is 0. The summed E-state index contributed by atoms with van der Waals surface area (Å²) in [5.74, 6) is -1.46. The van der Waals surface area contributed by atoms with Gasteiger partial charge in [-0.15, -0.1) is 11.6 Å². The van der Waals surface area contributed by atoms with Crippen molar-refractivity contribution in [1.82, 2.24) is 0 Å². The van der Waals surface area contributed by atoms with Crippen molar-refractivity contribution < 1.29 is 23.0 Å². The van der Waals surface area contributed by atoms with Gasteiger partial charge in [0.1, 0.15) is 11.3 Å². The Balaban J connectivity index is 3.38. The van der Waals surface area contributed by atoms with Crippen LogP contribution in [0.15, 0.2) is 12.1 Å². The lowest BCUT2D eigenvalue weighted by molar-refractivity contribution is -0.0509. The second-order valence-electron chi connectivity index (χ2n) is 3.31. The van der Waals surface area contributed by atoms with Gasteiger partial charge in [-0.05, 0) is 19.1 Å². The number of esters is 1. The number of ether oxygens (including phenoxy) is 2. The van der Waals surface area contributed by atoms with Crippen LogP contribution in [0.2, 0.25) is 0 Å². The van der Waals surface area contributed by atoms with Crippen molar-refractivity contribution in [1.29, 1.82) is 5.26 Å². The molecule has 0 radical (unpaired) electrons. The van der Waals surface area contributed by atoms with Gasteiger partial charge in [-0.2, -0.15) is 14.0 Å². The molecule has 0 unspecified atom stereocenters. The van der Waals surface area contributed by atoms with Crippen LogP contribution in [0.4, 0.5) is 8.78 Å². The number of hydrogen-bond acceptors (Lipinski definition) is 4. The molecule has 0 N–H and O–H groups in total. The summed E-state index contributed by atoms with van der Waals surface area (Å²) in [6, 6.07) is 4.30. The van der Waals surface area contributed by atoms with Gasteiger partial charge in [-0.25, -0.2) is 4.79 Å². The van der Waals surface area contributed by atoms with Crippen LogP contribution < -0.4 is 4.74 Å². The van der Waals surface area contributed by atoms with E-state index in [0.717, 1.165) is 0 Å². The third-order valence-electron chi connectivity index (χ3n) is 2.22. The fraction of sp³-hybridized carbons (Fsp3) is 0.333. The zero-order valence-electron chi connectivity index (χ0n) is 9.95. The van der Waals surface area contributed by atoms with E-state index < -0.39 is 18.3 Å². The normalized spacial score (nSPS) is 10.1. The van der Waals surface area contributed by atoms with Gasteiger partial charge in [0.25, 0.3) is 0 Å². The van der Waals surface area contributed by atoms with E-state index in [-0.39, 0.29) is 29.2 Å². The molecule has 1 rings (SSSR count). The minimum absolute atomic E-state index is 0.0371. The van der Waals surface area contributed by atoms with E-state index in [1.165, 1.54) is 12.1 Å². The smallest absolute Gasteiger partial charge is 0.387 e. The molecule has 7 heteroatoms. The van der Waals surface area contributed by atoms with E-state index in [1.54, 1.807) is 13.0 Å². The quantitative estimate of drug-likeness (QED) is 0.617. The molecule has 0 saturated carbocycles. The summed E-state index contributed by atoms with van der Waals surface area (Å²) >= 11 is 5.63. The number of nitrogens with zero attached hydrogens (tertiary/aromatic N) is 1. The standard InChI is InChI=1S/C12H10ClF2NO3/c1-2-18-11(17)8-4-3-7(6-16)9(5-13)10(8)19-12(14)15/h3-4,12H,2,5H2,1H3. The van der Waals surface area contributed by atoms with Crippen LogP contribution in [0.3, 0.4) is 0 Å². The maximum atomic E-state index is 12.4. The second kappa shape index (κ2) is 6.90. The molecule has 0 heterocycles. The molecule has 0 fully saturated rings. The van der Waals surface area contributed by atoms with Gasteiger partial charge >= 0.3 is 12.6 Å². The zero-order valence-corrected chi connectivity index (χ0v) is 10.7. The van der Waals surface area contributed by atoms with Gasteiger partial charge in [0.2, 0.25) is 0 Å². The highest BCUT2D eigenvalue weighted by atomic mass is 35.5. The van der Waals surface area contributed by atoms with Gasteiger partial charge in [-0.3, -0.25) is 0 Å². The summed E-state index contributed by atoms with van der Waals surface area (Å²) in [6.45, 7) is -1.47. The fourth-order valence-electron chi connectivity index (χ4n) is 1.46. The predicted octanol–water partition coefficient (Wildman–Crippen LogP) is 3.08. The van der Waals surface area contributed by atoms with Crippen molar-refractivity contribution >= 4 is 17.6 Å². The van der Waals surface area contributed by atoms with Crippen LogP contribution >= 0.6 is 11.6 Å². The average Bonchev–Trinajstić information content (AvgIpc) is 2.37. The molecule has 0 aliphatic heterocycles. The molecule has 0 atom stereocenters. The molecule has 19 heavy (non-hydrogen) atoms. The number of nitriles is 1. The topological polar surface area (TPSA) is 59.3 Å². The molecule has 0 aromatic heterocycles. The highest BCUT2D eigenvalue weighted by molar-refractivity contribution is 6.17. The number of hydrogen-bond donors (Lipinski definition) is 0. The molecule has 0 bridgehead atoms. The highest BCUT2D eigenvalue weighted by Gasteiger charge is 2.22. The first-order valence-electron chi connectivity index (χ1n) is 5.29. The summed E-state index contributed by atoms with van der Waals surface area (Å²) in [4.78, 5) is 11.6. The van der Waals surface area contributed by atoms with Gasteiger partial charge in [0, 0.05) is 5.56 Å². The second-order valence-corrected chi connectivity index (χ2v) is 3.58. The van der Waals surface area contributed by atoms with Gasteiger partial charge < -0.3 is 9.47 Å². The van der Waals surface area contributed by atoms with Crippen LogP contribution in [0.1, 0.15) is 28.4 Å². The Morgan fingerprint density at radius 3 is 2.68 bits per heavy atom. The molecule has 0 aliphatic rings. The zero-order chi connectivity index (χ0) is 14.4. The lowest BCUT2D eigenvalue weighted by Gasteiger charge is -2.14. The van der Waals surface area contributed by atoms with Crippen molar-refractivity contribution in [2.24, 2.45) is 0 Å². The van der Waals surface area contributed by atoms with Crippen LogP contribution in [0.25, 0.3) is 0 Å². The van der Waals surface area contributed by atoms with Gasteiger partial charge in [0.05, 0.1) is 24.1 Å². The molecule has 0 saturated heterocycles. The molecular weight excluding hydrogens is 280 g/mol. The van der Waals surface area contributed by atoms with Crippen molar-refractivity contribution in [3.8, 4) is 11.8 Å². The Labute approximate surface area is 113 Å². The lowest BCUT2D eigenvalue weighted by Crippen LogP contribution is -2.13. The number of benzene rings is 1. The molecule has 0 aliphatic carbocycles. The Hall–Kier alpha value is -1.87. The molecule has 4 nitrogen and oxygen atoms in total. The third kappa shape index (κ3) is 3.55. The number of carbonyl (C=O) groups is 1. The van der Waals surface area contributed by atoms with E-state index in [4.69, 9.17) is 21.6 Å². The van der Waals surface area contributed by atoms with Crippen LogP contribution in [0, 0.1) is 11.3 Å². The van der Waals surface area contributed by atoms with Crippen LogP contribution in [0.5, 0.6) is 5.75 Å². The largest absolute Gasteiger partial charge is 0.462 e. The maximum absolute atomic E-state index is 12.4. The monoisotopic (exact) mass is 289 g/mol. The predicted molar refractivity (Wildman–Crippen MR) is 63.3 cm³/mol. The molecule has 102 valence electrons. The van der Waals surface area contributed by atoms with E-state index in [0.29, 0.717) is 0 Å². The van der Waals surface area contributed by atoms with Gasteiger partial charge in [-0.1, -0.05) is 0 Å². The first-order valence-corrected chi connectivity index (χ1v) is 5.82. The lowest BCUT2D eigenvalue weighted by atomic mass is 10.0. The molecule has 1 aromatic carbocycles. The van der Waals surface area contributed by atoms with Crippen molar-refractivity contribution in [2.45, 2.75) is 19.4 Å². The molecule has 1 aromatic rings. The van der Waals surface area contributed by atoms with Crippen molar-refractivity contribution in [3.05, 3.63) is 28.8 Å². The highest BCUT2D eigenvalue weighted by Crippen LogP contribution is 2.30. The number of rotatable bonds is 5. The SMILES string of the molecule is CCOC(=O)c1ccc(C#N)c(CCl)c1OC(F)F. The van der Waals surface area contributed by atoms with E-state index in [1.807, 2.05) is 0 Å². The molecule has 0 amide bonds. The van der Waals surface area contributed by atoms with E-state index in [9.17, 15) is 13.6 Å². The first kappa shape index (κ1) is 15.2. The Bertz CT molecular complexity index is 514. The Kier molecular flexibility index (Phi) is 5.52. The minimum Gasteiger partial charge on any atom is -0.462 e. The number of carbonyl (C=O) groups excluding carboxylic acids is 1. The van der Waals surface area contributed by atoms with E-state index >= 15 is 0 Å². The van der Waals surface area contributed by atoms with Crippen LogP contribution in [-0.2, 0) is 10.6 Å².